The second-order valence-corrected chi connectivity index (χ2v) is 8.49. The first-order chi connectivity index (χ1) is 13.1. The van der Waals surface area contributed by atoms with Crippen LogP contribution < -0.4 is 4.90 Å². The Labute approximate surface area is 158 Å². The molecule has 0 aromatic carbocycles. The number of carbonyl (C=O) groups is 1. The normalized spacial score (nSPS) is 23.4. The van der Waals surface area contributed by atoms with E-state index in [-0.39, 0.29) is 11.3 Å². The summed E-state index contributed by atoms with van der Waals surface area (Å²) in [7, 11) is 0. The molecule has 0 radical (unpaired) electrons. The highest BCUT2D eigenvalue weighted by Crippen LogP contribution is 2.49. The van der Waals surface area contributed by atoms with E-state index in [0.29, 0.717) is 19.4 Å². The van der Waals surface area contributed by atoms with Crippen LogP contribution in [0.5, 0.6) is 0 Å². The number of nitrogens with one attached hydrogen (secondary N) is 1. The number of hydrogen-bond acceptors (Lipinski definition) is 5. The molecule has 1 saturated heterocycles. The van der Waals surface area contributed by atoms with Crippen LogP contribution in [0.25, 0.3) is 11.0 Å². The van der Waals surface area contributed by atoms with E-state index in [0.717, 1.165) is 62.2 Å². The molecule has 3 aliphatic rings. The van der Waals surface area contributed by atoms with Crippen molar-refractivity contribution in [1.82, 2.24) is 19.9 Å². The van der Waals surface area contributed by atoms with Gasteiger partial charge in [0.15, 0.2) is 0 Å². The molecule has 3 fully saturated rings. The van der Waals surface area contributed by atoms with Crippen LogP contribution in [0, 0.1) is 22.2 Å². The second-order valence-electron chi connectivity index (χ2n) is 8.49. The minimum atomic E-state index is -0.784. The SMILES string of the molecule is N#CC1(C(=O)N2CCN(c3ncnc4[nH]ccc34)CC3(CC3)C2)CCCC1. The molecule has 0 bridgehead atoms. The smallest absolute Gasteiger partial charge is 0.243 e. The first kappa shape index (κ1) is 16.5. The van der Waals surface area contributed by atoms with Crippen LogP contribution in [0.1, 0.15) is 38.5 Å². The molecule has 1 amide bonds. The molecule has 2 aliphatic carbocycles. The van der Waals surface area contributed by atoms with Crippen molar-refractivity contribution in [2.75, 3.05) is 31.1 Å². The van der Waals surface area contributed by atoms with E-state index in [1.807, 2.05) is 17.2 Å². The number of rotatable bonds is 2. The first-order valence-electron chi connectivity index (χ1n) is 9.89. The number of carbonyl (C=O) groups excluding carboxylic acids is 1. The standard InChI is InChI=1S/C20H24N6O/c21-11-20(4-1-2-5-20)18(27)26-10-9-25(12-19(13-26)6-7-19)17-15-3-8-22-16(15)23-14-24-17/h3,8,14H,1-2,4-7,9-10,12-13H2,(H,22,23,24). The summed E-state index contributed by atoms with van der Waals surface area (Å²) in [6, 6.07) is 4.39. The van der Waals surface area contributed by atoms with Crippen molar-refractivity contribution >= 4 is 22.8 Å². The van der Waals surface area contributed by atoms with E-state index < -0.39 is 5.41 Å². The Hall–Kier alpha value is -2.62. The van der Waals surface area contributed by atoms with Gasteiger partial charge in [0, 0.05) is 37.8 Å². The molecule has 2 aromatic rings. The molecule has 2 saturated carbocycles. The lowest BCUT2D eigenvalue weighted by atomic mass is 9.86. The molecule has 140 valence electrons. The molecule has 0 unspecified atom stereocenters. The number of aromatic nitrogens is 3. The highest BCUT2D eigenvalue weighted by Gasteiger charge is 2.51. The van der Waals surface area contributed by atoms with Gasteiger partial charge in [-0.2, -0.15) is 5.26 Å². The van der Waals surface area contributed by atoms with Gasteiger partial charge in [0.05, 0.1) is 11.5 Å². The molecule has 1 aliphatic heterocycles. The zero-order chi connectivity index (χ0) is 18.5. The first-order valence-corrected chi connectivity index (χ1v) is 9.89. The van der Waals surface area contributed by atoms with E-state index >= 15 is 0 Å². The Morgan fingerprint density at radius 2 is 1.96 bits per heavy atom. The fraction of sp³-hybridized carbons (Fsp3) is 0.600. The Balaban J connectivity index is 1.43. The van der Waals surface area contributed by atoms with Gasteiger partial charge >= 0.3 is 0 Å². The Kier molecular flexibility index (Phi) is 3.64. The van der Waals surface area contributed by atoms with Crippen molar-refractivity contribution in [2.24, 2.45) is 10.8 Å². The van der Waals surface area contributed by atoms with Gasteiger partial charge in [0.1, 0.15) is 23.2 Å². The van der Waals surface area contributed by atoms with Crippen molar-refractivity contribution in [3.8, 4) is 6.07 Å². The topological polar surface area (TPSA) is 88.9 Å². The lowest BCUT2D eigenvalue weighted by Gasteiger charge is -2.30. The summed E-state index contributed by atoms with van der Waals surface area (Å²) in [6.07, 6.45) is 9.15. The number of aromatic amines is 1. The van der Waals surface area contributed by atoms with Crippen molar-refractivity contribution in [3.05, 3.63) is 18.6 Å². The number of H-pyrrole nitrogens is 1. The zero-order valence-corrected chi connectivity index (χ0v) is 15.4. The fourth-order valence-corrected chi connectivity index (χ4v) is 4.87. The lowest BCUT2D eigenvalue weighted by molar-refractivity contribution is -0.139. The summed E-state index contributed by atoms with van der Waals surface area (Å²) in [4.78, 5) is 29.6. The molecule has 3 heterocycles. The van der Waals surface area contributed by atoms with Crippen molar-refractivity contribution in [2.45, 2.75) is 38.5 Å². The van der Waals surface area contributed by atoms with Gasteiger partial charge < -0.3 is 14.8 Å². The van der Waals surface area contributed by atoms with Gasteiger partial charge in [-0.05, 0) is 31.7 Å². The molecular weight excluding hydrogens is 340 g/mol. The van der Waals surface area contributed by atoms with Crippen LogP contribution in [0.15, 0.2) is 18.6 Å². The molecule has 5 rings (SSSR count). The molecule has 1 spiro atoms. The third kappa shape index (κ3) is 2.66. The fourth-order valence-electron chi connectivity index (χ4n) is 4.87. The van der Waals surface area contributed by atoms with Crippen molar-refractivity contribution in [3.63, 3.8) is 0 Å². The van der Waals surface area contributed by atoms with Gasteiger partial charge in [-0.25, -0.2) is 9.97 Å². The summed E-state index contributed by atoms with van der Waals surface area (Å²) >= 11 is 0. The van der Waals surface area contributed by atoms with Gasteiger partial charge in [0.2, 0.25) is 5.91 Å². The monoisotopic (exact) mass is 364 g/mol. The predicted octanol–water partition coefficient (Wildman–Crippen LogP) is 2.47. The Morgan fingerprint density at radius 1 is 1.15 bits per heavy atom. The number of anilines is 1. The van der Waals surface area contributed by atoms with E-state index in [9.17, 15) is 10.1 Å². The van der Waals surface area contributed by atoms with Crippen LogP contribution in [0.2, 0.25) is 0 Å². The predicted molar refractivity (Wildman–Crippen MR) is 101 cm³/mol. The van der Waals surface area contributed by atoms with Crippen LogP contribution in [0.4, 0.5) is 5.82 Å². The molecule has 27 heavy (non-hydrogen) atoms. The molecule has 0 atom stereocenters. The minimum absolute atomic E-state index is 0.0603. The molecule has 2 aromatic heterocycles. The summed E-state index contributed by atoms with van der Waals surface area (Å²) < 4.78 is 0. The maximum atomic E-state index is 13.3. The molecule has 1 N–H and O–H groups in total. The zero-order valence-electron chi connectivity index (χ0n) is 15.4. The van der Waals surface area contributed by atoms with Crippen LogP contribution in [-0.4, -0.2) is 51.9 Å². The van der Waals surface area contributed by atoms with Gasteiger partial charge in [-0.3, -0.25) is 4.79 Å². The Bertz CT molecular complexity index is 918. The quantitative estimate of drug-likeness (QED) is 0.884. The summed E-state index contributed by atoms with van der Waals surface area (Å²) in [6.45, 7) is 3.08. The highest BCUT2D eigenvalue weighted by molar-refractivity contribution is 5.88. The molecular formula is C20H24N6O. The van der Waals surface area contributed by atoms with E-state index in [4.69, 9.17) is 0 Å². The largest absolute Gasteiger partial charge is 0.354 e. The van der Waals surface area contributed by atoms with Gasteiger partial charge in [-0.15, -0.1) is 0 Å². The maximum Gasteiger partial charge on any atom is 0.243 e. The summed E-state index contributed by atoms with van der Waals surface area (Å²) in [5, 5.41) is 10.8. The number of nitriles is 1. The number of fused-ring (bicyclic) bond motifs is 1. The van der Waals surface area contributed by atoms with Crippen LogP contribution >= 0.6 is 0 Å². The van der Waals surface area contributed by atoms with Crippen molar-refractivity contribution < 1.29 is 4.79 Å². The Morgan fingerprint density at radius 3 is 2.70 bits per heavy atom. The third-order valence-electron chi connectivity index (χ3n) is 6.65. The highest BCUT2D eigenvalue weighted by atomic mass is 16.2. The van der Waals surface area contributed by atoms with E-state index in [1.165, 1.54) is 0 Å². The molecule has 7 heteroatoms. The van der Waals surface area contributed by atoms with Gasteiger partial charge in [0.25, 0.3) is 0 Å². The summed E-state index contributed by atoms with van der Waals surface area (Å²) in [5.41, 5.74) is 0.208. The maximum absolute atomic E-state index is 13.3. The minimum Gasteiger partial charge on any atom is -0.354 e. The third-order valence-corrected chi connectivity index (χ3v) is 6.65. The average Bonchev–Trinajstić information content (AvgIpc) is 3.09. The number of hydrogen-bond donors (Lipinski definition) is 1. The van der Waals surface area contributed by atoms with Gasteiger partial charge in [-0.1, -0.05) is 12.8 Å². The van der Waals surface area contributed by atoms with E-state index in [1.54, 1.807) is 6.33 Å². The summed E-state index contributed by atoms with van der Waals surface area (Å²) in [5.74, 6) is 1.00. The molecule has 7 nitrogen and oxygen atoms in total. The number of nitrogens with zero attached hydrogens (tertiary/aromatic N) is 5. The van der Waals surface area contributed by atoms with Crippen LogP contribution in [-0.2, 0) is 4.79 Å². The lowest BCUT2D eigenvalue weighted by Crippen LogP contribution is -2.45. The van der Waals surface area contributed by atoms with Crippen LogP contribution in [0.3, 0.4) is 0 Å². The average molecular weight is 364 g/mol. The van der Waals surface area contributed by atoms with Crippen molar-refractivity contribution in [1.29, 1.82) is 5.26 Å². The van der Waals surface area contributed by atoms with E-state index in [2.05, 4.69) is 25.9 Å². The number of amides is 1. The second kappa shape index (κ2) is 5.95.